The lowest BCUT2D eigenvalue weighted by Gasteiger charge is -2.34. The van der Waals surface area contributed by atoms with Gasteiger partial charge in [-0.3, -0.25) is 14.5 Å². The minimum atomic E-state index is -3.88. The van der Waals surface area contributed by atoms with E-state index < -0.39 is 22.0 Å². The van der Waals surface area contributed by atoms with Gasteiger partial charge in [0.15, 0.2) is 0 Å². The van der Waals surface area contributed by atoms with Crippen molar-refractivity contribution in [3.63, 3.8) is 0 Å². The molecule has 2 amide bonds. The third-order valence-electron chi connectivity index (χ3n) is 4.56. The molecule has 0 aliphatic carbocycles. The van der Waals surface area contributed by atoms with Crippen molar-refractivity contribution in [2.75, 3.05) is 38.1 Å². The first-order valence-corrected chi connectivity index (χ1v) is 11.6. The van der Waals surface area contributed by atoms with Crippen LogP contribution < -0.4 is 15.4 Å². The molecule has 168 valence electrons. The van der Waals surface area contributed by atoms with Crippen molar-refractivity contribution in [1.82, 2.24) is 14.9 Å². The van der Waals surface area contributed by atoms with Crippen molar-refractivity contribution in [3.8, 4) is 0 Å². The molecule has 1 unspecified atom stereocenters. The van der Waals surface area contributed by atoms with E-state index in [0.717, 1.165) is 19.6 Å². The fraction of sp³-hybridized carbons (Fsp3) is 0.600. The van der Waals surface area contributed by atoms with E-state index in [1.807, 2.05) is 0 Å². The van der Waals surface area contributed by atoms with E-state index in [4.69, 9.17) is 4.74 Å². The van der Waals surface area contributed by atoms with Crippen molar-refractivity contribution in [3.05, 3.63) is 24.3 Å². The van der Waals surface area contributed by atoms with E-state index >= 15 is 0 Å². The van der Waals surface area contributed by atoms with Crippen LogP contribution in [0.2, 0.25) is 0 Å². The van der Waals surface area contributed by atoms with Crippen molar-refractivity contribution >= 4 is 27.5 Å². The van der Waals surface area contributed by atoms with Gasteiger partial charge in [-0.2, -0.15) is 4.72 Å². The molecule has 1 aromatic carbocycles. The predicted molar refractivity (Wildman–Crippen MR) is 115 cm³/mol. The Morgan fingerprint density at radius 1 is 1.20 bits per heavy atom. The SMILES string of the molecule is CC(=O)Nc1ccc(S(=O)(=O)N[C@@H](C)C(=O)NCC2CN(CC(C)C)CCO2)cc1. The second-order valence-electron chi connectivity index (χ2n) is 7.94. The van der Waals surface area contributed by atoms with Crippen LogP contribution >= 0.6 is 0 Å². The molecule has 2 atom stereocenters. The van der Waals surface area contributed by atoms with Crippen LogP contribution in [0.25, 0.3) is 0 Å². The van der Waals surface area contributed by atoms with Crippen LogP contribution in [0.5, 0.6) is 0 Å². The van der Waals surface area contributed by atoms with E-state index in [2.05, 4.69) is 34.1 Å². The molecule has 10 heteroatoms. The second-order valence-corrected chi connectivity index (χ2v) is 9.65. The number of sulfonamides is 1. The quantitative estimate of drug-likeness (QED) is 0.523. The van der Waals surface area contributed by atoms with Gasteiger partial charge < -0.3 is 15.4 Å². The lowest BCUT2D eigenvalue weighted by molar-refractivity contribution is -0.123. The Balaban J connectivity index is 1.86. The van der Waals surface area contributed by atoms with Gasteiger partial charge >= 0.3 is 0 Å². The van der Waals surface area contributed by atoms with Gasteiger partial charge in [0.2, 0.25) is 21.8 Å². The Kier molecular flexibility index (Phi) is 8.78. The molecule has 30 heavy (non-hydrogen) atoms. The van der Waals surface area contributed by atoms with Crippen LogP contribution in [0, 0.1) is 5.92 Å². The average molecular weight is 441 g/mol. The van der Waals surface area contributed by atoms with E-state index in [9.17, 15) is 18.0 Å². The normalized spacial score (nSPS) is 18.8. The summed E-state index contributed by atoms with van der Waals surface area (Å²) in [5.41, 5.74) is 0.492. The highest BCUT2D eigenvalue weighted by molar-refractivity contribution is 7.89. The fourth-order valence-corrected chi connectivity index (χ4v) is 4.43. The van der Waals surface area contributed by atoms with E-state index in [0.29, 0.717) is 24.8 Å². The minimum Gasteiger partial charge on any atom is -0.374 e. The third kappa shape index (κ3) is 7.67. The highest BCUT2D eigenvalue weighted by Crippen LogP contribution is 2.14. The zero-order valence-electron chi connectivity index (χ0n) is 18.0. The number of carbonyl (C=O) groups is 2. The first kappa shape index (κ1) is 24.3. The smallest absolute Gasteiger partial charge is 0.241 e. The summed E-state index contributed by atoms with van der Waals surface area (Å²) in [5.74, 6) is -0.110. The Morgan fingerprint density at radius 3 is 2.47 bits per heavy atom. The van der Waals surface area contributed by atoms with Gasteiger partial charge in [0.05, 0.1) is 23.6 Å². The summed E-state index contributed by atoms with van der Waals surface area (Å²) in [4.78, 5) is 25.8. The second kappa shape index (κ2) is 10.9. The molecule has 0 radical (unpaired) electrons. The van der Waals surface area contributed by atoms with Crippen molar-refractivity contribution in [2.45, 2.75) is 44.7 Å². The molecule has 1 fully saturated rings. The Bertz CT molecular complexity index is 826. The molecule has 9 nitrogen and oxygen atoms in total. The van der Waals surface area contributed by atoms with Gasteiger partial charge in [-0.1, -0.05) is 13.8 Å². The number of morpholine rings is 1. The largest absolute Gasteiger partial charge is 0.374 e. The van der Waals surface area contributed by atoms with Crippen LogP contribution in [0.3, 0.4) is 0 Å². The van der Waals surface area contributed by atoms with Crippen molar-refractivity contribution < 1.29 is 22.7 Å². The lowest BCUT2D eigenvalue weighted by atomic mass is 10.2. The molecule has 2 rings (SSSR count). The molecule has 1 saturated heterocycles. The van der Waals surface area contributed by atoms with Gasteiger partial charge in [-0.05, 0) is 37.1 Å². The van der Waals surface area contributed by atoms with Crippen LogP contribution in [0.15, 0.2) is 29.2 Å². The van der Waals surface area contributed by atoms with Gasteiger partial charge in [-0.15, -0.1) is 0 Å². The molecular weight excluding hydrogens is 408 g/mol. The average Bonchev–Trinajstić information content (AvgIpc) is 2.65. The van der Waals surface area contributed by atoms with Crippen molar-refractivity contribution in [2.24, 2.45) is 5.92 Å². The number of hydrogen-bond donors (Lipinski definition) is 3. The van der Waals surface area contributed by atoms with Crippen LogP contribution in [-0.2, 0) is 24.3 Å². The number of amides is 2. The van der Waals surface area contributed by atoms with Crippen LogP contribution in [0.4, 0.5) is 5.69 Å². The lowest BCUT2D eigenvalue weighted by Crippen LogP contribution is -2.51. The van der Waals surface area contributed by atoms with Gasteiger partial charge in [0.25, 0.3) is 0 Å². The number of nitrogens with zero attached hydrogens (tertiary/aromatic N) is 1. The molecule has 0 bridgehead atoms. The van der Waals surface area contributed by atoms with Crippen LogP contribution in [-0.4, -0.2) is 70.1 Å². The standard InChI is InChI=1S/C20H32N4O5S/c1-14(2)12-24-9-10-29-18(13-24)11-21-20(26)15(3)23-30(27,28)19-7-5-17(6-8-19)22-16(4)25/h5-8,14-15,18,23H,9-13H2,1-4H3,(H,21,26)(H,22,25)/t15-,18?/m0/s1. The number of carbonyl (C=O) groups excluding carboxylic acids is 2. The number of rotatable bonds is 9. The summed E-state index contributed by atoms with van der Waals surface area (Å²) in [7, 11) is -3.88. The highest BCUT2D eigenvalue weighted by Gasteiger charge is 2.25. The Morgan fingerprint density at radius 2 is 1.87 bits per heavy atom. The van der Waals surface area contributed by atoms with Gasteiger partial charge in [0.1, 0.15) is 0 Å². The Hall–Kier alpha value is -2.01. The zero-order valence-corrected chi connectivity index (χ0v) is 18.8. The summed E-state index contributed by atoms with van der Waals surface area (Å²) < 4.78 is 33.1. The Labute approximate surface area is 178 Å². The minimum absolute atomic E-state index is 0.0104. The first-order valence-electron chi connectivity index (χ1n) is 10.1. The zero-order chi connectivity index (χ0) is 22.3. The molecule has 0 spiro atoms. The topological polar surface area (TPSA) is 117 Å². The number of ether oxygens (including phenoxy) is 1. The first-order chi connectivity index (χ1) is 14.1. The number of nitrogens with one attached hydrogen (secondary N) is 3. The van der Waals surface area contributed by atoms with E-state index in [-0.39, 0.29) is 16.9 Å². The molecule has 1 aliphatic rings. The number of hydrogen-bond acceptors (Lipinski definition) is 6. The van der Waals surface area contributed by atoms with Gasteiger partial charge in [-0.25, -0.2) is 8.42 Å². The molecular formula is C20H32N4O5S. The van der Waals surface area contributed by atoms with Crippen LogP contribution in [0.1, 0.15) is 27.7 Å². The fourth-order valence-electron chi connectivity index (χ4n) is 3.23. The summed E-state index contributed by atoms with van der Waals surface area (Å²) >= 11 is 0. The maximum atomic E-state index is 12.5. The predicted octanol–water partition coefficient (Wildman–Crippen LogP) is 0.785. The number of anilines is 1. The summed E-state index contributed by atoms with van der Waals surface area (Å²) in [5, 5.41) is 5.34. The monoisotopic (exact) mass is 440 g/mol. The van der Waals surface area contributed by atoms with E-state index in [1.54, 1.807) is 0 Å². The van der Waals surface area contributed by atoms with Gasteiger partial charge in [0, 0.05) is 38.8 Å². The number of benzene rings is 1. The molecule has 1 aromatic rings. The van der Waals surface area contributed by atoms with E-state index in [1.165, 1.54) is 38.1 Å². The highest BCUT2D eigenvalue weighted by atomic mass is 32.2. The maximum Gasteiger partial charge on any atom is 0.241 e. The molecule has 3 N–H and O–H groups in total. The summed E-state index contributed by atoms with van der Waals surface area (Å²) in [6, 6.07) is 4.78. The molecule has 1 heterocycles. The molecule has 0 aromatic heterocycles. The molecule has 0 saturated carbocycles. The summed E-state index contributed by atoms with van der Waals surface area (Å²) in [6.45, 7) is 10.7. The molecule has 1 aliphatic heterocycles. The van der Waals surface area contributed by atoms with Crippen molar-refractivity contribution in [1.29, 1.82) is 0 Å². The maximum absolute atomic E-state index is 12.5. The summed E-state index contributed by atoms with van der Waals surface area (Å²) in [6.07, 6.45) is -0.119. The third-order valence-corrected chi connectivity index (χ3v) is 6.12.